The van der Waals surface area contributed by atoms with E-state index in [4.69, 9.17) is 9.26 Å². The van der Waals surface area contributed by atoms with Crippen LogP contribution in [-0.2, 0) is 13.1 Å². The standard InChI is InChI=1S/C17H16N8O3/c1-10-19-17(28-23-10)11-3-5-24-13(7-11)20-21-14(24)9-18-16(26)12-8-15-25(22-12)4-2-6-27-15/h3,5,7-8H,2,4,6,9H2,1H3,(H,18,26). The van der Waals surface area contributed by atoms with Crippen LogP contribution >= 0.6 is 0 Å². The molecule has 1 aliphatic rings. The van der Waals surface area contributed by atoms with Crippen molar-refractivity contribution in [2.45, 2.75) is 26.4 Å². The zero-order chi connectivity index (χ0) is 19.1. The summed E-state index contributed by atoms with van der Waals surface area (Å²) in [5.74, 6) is 1.90. The molecule has 0 bridgehead atoms. The first kappa shape index (κ1) is 16.4. The van der Waals surface area contributed by atoms with E-state index in [2.05, 4.69) is 30.8 Å². The minimum atomic E-state index is -0.291. The summed E-state index contributed by atoms with van der Waals surface area (Å²) in [7, 11) is 0. The SMILES string of the molecule is Cc1noc(-c2ccn3c(CNC(=O)c4cc5n(n4)CCCO5)nnc3c2)n1. The van der Waals surface area contributed by atoms with Crippen molar-refractivity contribution in [3.05, 3.63) is 41.7 Å². The zero-order valence-electron chi connectivity index (χ0n) is 15.0. The van der Waals surface area contributed by atoms with Crippen LogP contribution in [0.2, 0.25) is 0 Å². The predicted octanol–water partition coefficient (Wildman–Crippen LogP) is 0.997. The normalized spacial score (nSPS) is 13.3. The molecule has 11 nitrogen and oxygen atoms in total. The molecule has 0 fully saturated rings. The maximum absolute atomic E-state index is 12.4. The fourth-order valence-electron chi connectivity index (χ4n) is 3.04. The highest BCUT2D eigenvalue weighted by Gasteiger charge is 2.18. The fraction of sp³-hybridized carbons (Fsp3) is 0.294. The van der Waals surface area contributed by atoms with Crippen LogP contribution in [0.25, 0.3) is 17.1 Å². The van der Waals surface area contributed by atoms with Crippen molar-refractivity contribution >= 4 is 11.6 Å². The van der Waals surface area contributed by atoms with Gasteiger partial charge in [0.2, 0.25) is 5.88 Å². The molecule has 0 saturated carbocycles. The lowest BCUT2D eigenvalue weighted by atomic mass is 10.2. The van der Waals surface area contributed by atoms with E-state index in [9.17, 15) is 4.79 Å². The predicted molar refractivity (Wildman–Crippen MR) is 94.5 cm³/mol. The molecule has 142 valence electrons. The molecule has 1 N–H and O–H groups in total. The number of pyridine rings is 1. The molecule has 0 spiro atoms. The molecule has 0 saturated heterocycles. The zero-order valence-corrected chi connectivity index (χ0v) is 15.0. The van der Waals surface area contributed by atoms with E-state index in [-0.39, 0.29) is 12.5 Å². The summed E-state index contributed by atoms with van der Waals surface area (Å²) in [5.41, 5.74) is 1.68. The Bertz CT molecular complexity index is 1150. The fourth-order valence-corrected chi connectivity index (χ4v) is 3.04. The van der Waals surface area contributed by atoms with E-state index in [1.165, 1.54) is 0 Å². The first-order chi connectivity index (χ1) is 13.7. The van der Waals surface area contributed by atoms with Gasteiger partial charge >= 0.3 is 0 Å². The van der Waals surface area contributed by atoms with Crippen molar-refractivity contribution < 1.29 is 14.1 Å². The van der Waals surface area contributed by atoms with Crippen molar-refractivity contribution in [3.8, 4) is 17.3 Å². The number of aromatic nitrogens is 7. The van der Waals surface area contributed by atoms with Crippen LogP contribution in [0.4, 0.5) is 0 Å². The molecular formula is C17H16N8O3. The summed E-state index contributed by atoms with van der Waals surface area (Å²) in [6, 6.07) is 5.27. The van der Waals surface area contributed by atoms with Gasteiger partial charge < -0.3 is 14.6 Å². The smallest absolute Gasteiger partial charge is 0.272 e. The molecule has 0 aliphatic carbocycles. The highest BCUT2D eigenvalue weighted by Crippen LogP contribution is 2.20. The number of nitrogens with one attached hydrogen (secondary N) is 1. The number of nitrogens with zero attached hydrogens (tertiary/aromatic N) is 7. The van der Waals surface area contributed by atoms with Gasteiger partial charge in [-0.3, -0.25) is 9.20 Å². The molecule has 0 atom stereocenters. The largest absolute Gasteiger partial charge is 0.478 e. The molecule has 4 aromatic heterocycles. The second-order valence-electron chi connectivity index (χ2n) is 6.38. The summed E-state index contributed by atoms with van der Waals surface area (Å²) in [6.07, 6.45) is 2.68. The van der Waals surface area contributed by atoms with Gasteiger partial charge in [0.1, 0.15) is 0 Å². The number of rotatable bonds is 4. The summed E-state index contributed by atoms with van der Waals surface area (Å²) in [4.78, 5) is 16.6. The van der Waals surface area contributed by atoms with Crippen molar-refractivity contribution in [1.82, 2.24) is 39.8 Å². The average Bonchev–Trinajstić information content (AvgIpc) is 3.43. The van der Waals surface area contributed by atoms with E-state index in [0.717, 1.165) is 18.5 Å². The van der Waals surface area contributed by atoms with E-state index < -0.39 is 0 Å². The number of aryl methyl sites for hydroxylation is 2. The summed E-state index contributed by atoms with van der Waals surface area (Å²) < 4.78 is 14.1. The van der Waals surface area contributed by atoms with Crippen molar-refractivity contribution in [2.24, 2.45) is 0 Å². The summed E-state index contributed by atoms with van der Waals surface area (Å²) in [6.45, 7) is 3.36. The van der Waals surface area contributed by atoms with Crippen LogP contribution in [0.5, 0.6) is 5.88 Å². The van der Waals surface area contributed by atoms with Crippen LogP contribution in [0.3, 0.4) is 0 Å². The molecule has 5 heterocycles. The lowest BCUT2D eigenvalue weighted by Crippen LogP contribution is -2.24. The van der Waals surface area contributed by atoms with Gasteiger partial charge in [-0.2, -0.15) is 10.1 Å². The molecular weight excluding hydrogens is 364 g/mol. The van der Waals surface area contributed by atoms with Gasteiger partial charge in [-0.25, -0.2) is 4.68 Å². The van der Waals surface area contributed by atoms with Crippen LogP contribution in [0.1, 0.15) is 28.6 Å². The highest BCUT2D eigenvalue weighted by atomic mass is 16.5. The van der Waals surface area contributed by atoms with E-state index in [1.807, 2.05) is 6.07 Å². The van der Waals surface area contributed by atoms with Crippen molar-refractivity contribution in [3.63, 3.8) is 0 Å². The lowest BCUT2D eigenvalue weighted by Gasteiger charge is -2.13. The topological polar surface area (TPSA) is 125 Å². The summed E-state index contributed by atoms with van der Waals surface area (Å²) >= 11 is 0. The van der Waals surface area contributed by atoms with Crippen molar-refractivity contribution in [2.75, 3.05) is 6.61 Å². The number of hydrogen-bond donors (Lipinski definition) is 1. The minimum absolute atomic E-state index is 0.210. The molecule has 4 aromatic rings. The van der Waals surface area contributed by atoms with E-state index >= 15 is 0 Å². The Balaban J connectivity index is 1.32. The van der Waals surface area contributed by atoms with E-state index in [0.29, 0.717) is 41.4 Å². The first-order valence-electron chi connectivity index (χ1n) is 8.80. The number of ether oxygens (including phenoxy) is 1. The molecule has 5 rings (SSSR count). The molecule has 11 heteroatoms. The monoisotopic (exact) mass is 380 g/mol. The molecule has 0 aromatic carbocycles. The Kier molecular flexibility index (Phi) is 3.78. The third kappa shape index (κ3) is 2.86. The Morgan fingerprint density at radius 3 is 3.07 bits per heavy atom. The van der Waals surface area contributed by atoms with Crippen LogP contribution in [-0.4, -0.2) is 47.0 Å². The third-order valence-electron chi connectivity index (χ3n) is 4.40. The van der Waals surface area contributed by atoms with Gasteiger partial charge in [0.15, 0.2) is 23.0 Å². The number of carbonyl (C=O) groups is 1. The molecule has 0 unspecified atom stereocenters. The maximum atomic E-state index is 12.4. The Morgan fingerprint density at radius 1 is 1.32 bits per heavy atom. The average molecular weight is 380 g/mol. The number of fused-ring (bicyclic) bond motifs is 2. The Hall–Kier alpha value is -3.76. The summed E-state index contributed by atoms with van der Waals surface area (Å²) in [5, 5.41) is 19.2. The maximum Gasteiger partial charge on any atom is 0.272 e. The highest BCUT2D eigenvalue weighted by molar-refractivity contribution is 5.92. The van der Waals surface area contributed by atoms with Crippen LogP contribution in [0, 0.1) is 6.92 Å². The quantitative estimate of drug-likeness (QED) is 0.556. The number of amides is 1. The second-order valence-corrected chi connectivity index (χ2v) is 6.38. The molecule has 28 heavy (non-hydrogen) atoms. The molecule has 0 radical (unpaired) electrons. The number of hydrogen-bond acceptors (Lipinski definition) is 8. The van der Waals surface area contributed by atoms with Gasteiger partial charge in [-0.1, -0.05) is 5.16 Å². The van der Waals surface area contributed by atoms with Crippen LogP contribution < -0.4 is 10.1 Å². The Morgan fingerprint density at radius 2 is 2.25 bits per heavy atom. The molecule has 1 aliphatic heterocycles. The third-order valence-corrected chi connectivity index (χ3v) is 4.40. The first-order valence-corrected chi connectivity index (χ1v) is 8.80. The van der Waals surface area contributed by atoms with Crippen molar-refractivity contribution in [1.29, 1.82) is 0 Å². The van der Waals surface area contributed by atoms with Gasteiger partial charge in [-0.05, 0) is 19.1 Å². The second kappa shape index (κ2) is 6.44. The van der Waals surface area contributed by atoms with Gasteiger partial charge in [0, 0.05) is 30.8 Å². The lowest BCUT2D eigenvalue weighted by molar-refractivity contribution is 0.0944. The number of carbonyl (C=O) groups excluding carboxylic acids is 1. The van der Waals surface area contributed by atoms with Gasteiger partial charge in [0.25, 0.3) is 11.8 Å². The van der Waals surface area contributed by atoms with E-state index in [1.54, 1.807) is 34.3 Å². The van der Waals surface area contributed by atoms with Crippen LogP contribution in [0.15, 0.2) is 28.9 Å². The Labute approximate surface area is 158 Å². The minimum Gasteiger partial charge on any atom is -0.478 e. The van der Waals surface area contributed by atoms with Gasteiger partial charge in [0.05, 0.1) is 13.2 Å². The molecule has 1 amide bonds. The van der Waals surface area contributed by atoms with Gasteiger partial charge in [-0.15, -0.1) is 10.2 Å².